The van der Waals surface area contributed by atoms with E-state index in [1.807, 2.05) is 26.1 Å². The highest BCUT2D eigenvalue weighted by atomic mass is 32.1. The molecule has 1 aromatic heterocycles. The summed E-state index contributed by atoms with van der Waals surface area (Å²) in [6.07, 6.45) is 5.97. The van der Waals surface area contributed by atoms with E-state index in [2.05, 4.69) is 11.6 Å². The predicted molar refractivity (Wildman–Crippen MR) is 70.9 cm³/mol. The van der Waals surface area contributed by atoms with E-state index in [-0.39, 0.29) is 12.1 Å². The Bertz CT molecular complexity index is 434. The highest BCUT2D eigenvalue weighted by molar-refractivity contribution is 7.12. The Labute approximate surface area is 106 Å². The van der Waals surface area contributed by atoms with E-state index in [0.29, 0.717) is 6.42 Å². The molecule has 1 rings (SSSR count). The molecule has 0 saturated heterocycles. The van der Waals surface area contributed by atoms with Gasteiger partial charge in [0.25, 0.3) is 0 Å². The Hall–Kier alpha value is -1.42. The van der Waals surface area contributed by atoms with Crippen LogP contribution in [0.3, 0.4) is 0 Å². The number of ether oxygens (including phenoxy) is 1. The predicted octanol–water partition coefficient (Wildman–Crippen LogP) is 3.36. The lowest BCUT2D eigenvalue weighted by molar-refractivity contribution is -0.144. The molecule has 0 spiro atoms. The molecule has 1 heterocycles. The van der Waals surface area contributed by atoms with Crippen molar-refractivity contribution in [1.29, 1.82) is 0 Å². The molecule has 0 aliphatic carbocycles. The van der Waals surface area contributed by atoms with Crippen molar-refractivity contribution in [1.82, 2.24) is 4.98 Å². The molecular weight excluding hydrogens is 234 g/mol. The standard InChI is InChI=1S/C13H17NO2S/c1-5-6-13(16-11(4)15)9(2)7-12-8-14-10(3)17-12/h5,7-8,13H,1,6H2,2-4H3/b9-7+/t13-/m0/s1. The van der Waals surface area contributed by atoms with Gasteiger partial charge < -0.3 is 4.74 Å². The number of rotatable bonds is 5. The summed E-state index contributed by atoms with van der Waals surface area (Å²) in [5.74, 6) is -0.273. The van der Waals surface area contributed by atoms with E-state index in [0.717, 1.165) is 15.5 Å². The maximum absolute atomic E-state index is 11.0. The first-order valence-electron chi connectivity index (χ1n) is 5.41. The Morgan fingerprint density at radius 3 is 2.82 bits per heavy atom. The van der Waals surface area contributed by atoms with Crippen LogP contribution in [0.1, 0.15) is 30.2 Å². The first-order chi connectivity index (χ1) is 8.02. The van der Waals surface area contributed by atoms with Crippen molar-refractivity contribution >= 4 is 23.4 Å². The van der Waals surface area contributed by atoms with Crippen LogP contribution in [0.2, 0.25) is 0 Å². The zero-order valence-corrected chi connectivity index (χ0v) is 11.2. The van der Waals surface area contributed by atoms with Crippen molar-refractivity contribution in [2.24, 2.45) is 0 Å². The van der Waals surface area contributed by atoms with Gasteiger partial charge in [0.15, 0.2) is 0 Å². The smallest absolute Gasteiger partial charge is 0.303 e. The molecule has 0 aromatic carbocycles. The van der Waals surface area contributed by atoms with Crippen LogP contribution in [0, 0.1) is 6.92 Å². The number of hydrogen-bond acceptors (Lipinski definition) is 4. The Kier molecular flexibility index (Phi) is 5.10. The van der Waals surface area contributed by atoms with Crippen molar-refractivity contribution in [3.8, 4) is 0 Å². The second-order valence-corrected chi connectivity index (χ2v) is 5.06. The monoisotopic (exact) mass is 251 g/mol. The van der Waals surface area contributed by atoms with Crippen LogP contribution in [-0.4, -0.2) is 17.1 Å². The largest absolute Gasteiger partial charge is 0.458 e. The summed E-state index contributed by atoms with van der Waals surface area (Å²) in [6.45, 7) is 9.00. The van der Waals surface area contributed by atoms with E-state index in [1.54, 1.807) is 17.4 Å². The van der Waals surface area contributed by atoms with Crippen LogP contribution in [-0.2, 0) is 9.53 Å². The van der Waals surface area contributed by atoms with Crippen molar-refractivity contribution in [2.45, 2.75) is 33.3 Å². The van der Waals surface area contributed by atoms with E-state index >= 15 is 0 Å². The molecule has 17 heavy (non-hydrogen) atoms. The molecule has 1 atom stereocenters. The number of nitrogens with zero attached hydrogens (tertiary/aromatic N) is 1. The van der Waals surface area contributed by atoms with Gasteiger partial charge in [-0.1, -0.05) is 6.08 Å². The zero-order chi connectivity index (χ0) is 12.8. The van der Waals surface area contributed by atoms with Gasteiger partial charge in [-0.2, -0.15) is 0 Å². The number of aromatic nitrogens is 1. The first kappa shape index (κ1) is 13.6. The number of esters is 1. The molecule has 0 bridgehead atoms. The molecule has 92 valence electrons. The van der Waals surface area contributed by atoms with Gasteiger partial charge in [0.2, 0.25) is 0 Å². The summed E-state index contributed by atoms with van der Waals surface area (Å²) in [4.78, 5) is 16.2. The second-order valence-electron chi connectivity index (χ2n) is 3.79. The van der Waals surface area contributed by atoms with Crippen LogP contribution in [0.25, 0.3) is 6.08 Å². The second kappa shape index (κ2) is 6.35. The number of aryl methyl sites for hydroxylation is 1. The molecular formula is C13H17NO2S. The maximum Gasteiger partial charge on any atom is 0.303 e. The molecule has 0 N–H and O–H groups in total. The van der Waals surface area contributed by atoms with Crippen LogP contribution in [0.15, 0.2) is 24.4 Å². The van der Waals surface area contributed by atoms with Gasteiger partial charge in [0.05, 0.1) is 5.01 Å². The molecule has 0 fully saturated rings. The number of carbonyl (C=O) groups is 1. The summed E-state index contributed by atoms with van der Waals surface area (Å²) in [6, 6.07) is 0. The van der Waals surface area contributed by atoms with Crippen LogP contribution in [0.4, 0.5) is 0 Å². The molecule has 0 unspecified atom stereocenters. The van der Waals surface area contributed by atoms with Gasteiger partial charge in [-0.05, 0) is 25.5 Å². The fourth-order valence-corrected chi connectivity index (χ4v) is 2.24. The molecule has 3 nitrogen and oxygen atoms in total. The molecule has 1 aromatic rings. The van der Waals surface area contributed by atoms with Crippen LogP contribution < -0.4 is 0 Å². The van der Waals surface area contributed by atoms with Gasteiger partial charge in [-0.3, -0.25) is 4.79 Å². The third-order valence-electron chi connectivity index (χ3n) is 2.21. The highest BCUT2D eigenvalue weighted by Crippen LogP contribution is 2.19. The summed E-state index contributed by atoms with van der Waals surface area (Å²) in [7, 11) is 0. The average molecular weight is 251 g/mol. The lowest BCUT2D eigenvalue weighted by Gasteiger charge is -2.15. The third-order valence-corrected chi connectivity index (χ3v) is 3.07. The summed E-state index contributed by atoms with van der Waals surface area (Å²) in [5.41, 5.74) is 1.00. The van der Waals surface area contributed by atoms with Gasteiger partial charge in [0, 0.05) is 24.4 Å². The van der Waals surface area contributed by atoms with Gasteiger partial charge in [-0.25, -0.2) is 4.98 Å². The summed E-state index contributed by atoms with van der Waals surface area (Å²) in [5, 5.41) is 1.02. The molecule has 0 aliphatic heterocycles. The quantitative estimate of drug-likeness (QED) is 0.595. The Morgan fingerprint density at radius 2 is 2.35 bits per heavy atom. The molecule has 0 saturated carbocycles. The van der Waals surface area contributed by atoms with Crippen LogP contribution >= 0.6 is 11.3 Å². The van der Waals surface area contributed by atoms with Crippen molar-refractivity contribution in [3.05, 3.63) is 34.3 Å². The van der Waals surface area contributed by atoms with E-state index < -0.39 is 0 Å². The minimum Gasteiger partial charge on any atom is -0.458 e. The molecule has 4 heteroatoms. The zero-order valence-electron chi connectivity index (χ0n) is 10.4. The minimum absolute atomic E-state index is 0.229. The van der Waals surface area contributed by atoms with E-state index in [1.165, 1.54) is 6.92 Å². The fraction of sp³-hybridized carbons (Fsp3) is 0.385. The fourth-order valence-electron chi connectivity index (χ4n) is 1.44. The van der Waals surface area contributed by atoms with Crippen LogP contribution in [0.5, 0.6) is 0 Å². The lowest BCUT2D eigenvalue weighted by Crippen LogP contribution is -2.16. The molecule has 0 radical (unpaired) electrons. The van der Waals surface area contributed by atoms with Gasteiger partial charge in [0.1, 0.15) is 6.10 Å². The first-order valence-corrected chi connectivity index (χ1v) is 6.23. The number of hydrogen-bond donors (Lipinski definition) is 0. The molecule has 0 amide bonds. The number of carbonyl (C=O) groups excluding carboxylic acids is 1. The number of thiazole rings is 1. The van der Waals surface area contributed by atoms with Gasteiger partial charge in [-0.15, -0.1) is 17.9 Å². The van der Waals surface area contributed by atoms with E-state index in [9.17, 15) is 4.79 Å². The highest BCUT2D eigenvalue weighted by Gasteiger charge is 2.12. The lowest BCUT2D eigenvalue weighted by atomic mass is 10.1. The Morgan fingerprint density at radius 1 is 1.65 bits per heavy atom. The topological polar surface area (TPSA) is 39.2 Å². The van der Waals surface area contributed by atoms with E-state index in [4.69, 9.17) is 4.74 Å². The summed E-state index contributed by atoms with van der Waals surface area (Å²) < 4.78 is 5.24. The summed E-state index contributed by atoms with van der Waals surface area (Å²) >= 11 is 1.62. The average Bonchev–Trinajstić information content (AvgIpc) is 2.62. The normalized spacial score (nSPS) is 13.2. The minimum atomic E-state index is -0.273. The maximum atomic E-state index is 11.0. The van der Waals surface area contributed by atoms with Crippen molar-refractivity contribution in [2.75, 3.05) is 0 Å². The SMILES string of the molecule is C=CC[C@H](OC(C)=O)/C(C)=C/c1cnc(C)s1. The third kappa shape index (κ3) is 4.53. The van der Waals surface area contributed by atoms with Crippen molar-refractivity contribution < 1.29 is 9.53 Å². The molecule has 0 aliphatic rings. The van der Waals surface area contributed by atoms with Crippen molar-refractivity contribution in [3.63, 3.8) is 0 Å². The Balaban J connectivity index is 2.82. The van der Waals surface area contributed by atoms with Gasteiger partial charge >= 0.3 is 5.97 Å².